The van der Waals surface area contributed by atoms with E-state index >= 15 is 0 Å². The fourth-order valence-electron chi connectivity index (χ4n) is 2.28. The van der Waals surface area contributed by atoms with Crippen LogP contribution in [0.4, 0.5) is 0 Å². The van der Waals surface area contributed by atoms with E-state index in [0.717, 1.165) is 36.8 Å². The van der Waals surface area contributed by atoms with Crippen LogP contribution in [0.25, 0.3) is 0 Å². The number of aliphatic imine (C=N–C) groups is 1. The van der Waals surface area contributed by atoms with Crippen molar-refractivity contribution in [1.29, 1.82) is 0 Å². The first-order valence-electron chi connectivity index (χ1n) is 8.90. The van der Waals surface area contributed by atoms with Gasteiger partial charge in [0.1, 0.15) is 5.82 Å². The minimum Gasteiger partial charge on any atom is -0.382 e. The lowest BCUT2D eigenvalue weighted by molar-refractivity contribution is 0.145. The fourth-order valence-corrected chi connectivity index (χ4v) is 2.75. The zero-order valence-corrected chi connectivity index (χ0v) is 20.2. The van der Waals surface area contributed by atoms with Gasteiger partial charge in [-0.2, -0.15) is 0 Å². The number of nitrogens with one attached hydrogen (secondary N) is 2. The molecular formula is C18H27Cl2IN6O. The minimum atomic E-state index is 0. The second-order valence-electron chi connectivity index (χ2n) is 5.95. The quantitative estimate of drug-likeness (QED) is 0.219. The van der Waals surface area contributed by atoms with Crippen molar-refractivity contribution in [2.75, 3.05) is 19.8 Å². The van der Waals surface area contributed by atoms with Crippen molar-refractivity contribution in [3.63, 3.8) is 0 Å². The van der Waals surface area contributed by atoms with Gasteiger partial charge >= 0.3 is 0 Å². The molecule has 1 heterocycles. The Labute approximate surface area is 193 Å². The molecule has 0 saturated heterocycles. The molecule has 10 heteroatoms. The predicted octanol–water partition coefficient (Wildman–Crippen LogP) is 3.71. The van der Waals surface area contributed by atoms with E-state index in [-0.39, 0.29) is 24.0 Å². The highest BCUT2D eigenvalue weighted by Crippen LogP contribution is 2.21. The predicted molar refractivity (Wildman–Crippen MR) is 125 cm³/mol. The first-order chi connectivity index (χ1) is 13.0. The summed E-state index contributed by atoms with van der Waals surface area (Å²) in [6.45, 7) is 7.04. The van der Waals surface area contributed by atoms with Crippen LogP contribution in [0.3, 0.4) is 0 Å². The van der Waals surface area contributed by atoms with Crippen molar-refractivity contribution < 1.29 is 4.74 Å². The van der Waals surface area contributed by atoms with Gasteiger partial charge in [0.05, 0.1) is 13.1 Å². The molecule has 0 aliphatic heterocycles. The van der Waals surface area contributed by atoms with Gasteiger partial charge in [-0.25, -0.2) is 4.99 Å². The highest BCUT2D eigenvalue weighted by molar-refractivity contribution is 14.0. The van der Waals surface area contributed by atoms with Crippen molar-refractivity contribution in [1.82, 2.24) is 25.4 Å². The Morgan fingerprint density at radius 1 is 1.25 bits per heavy atom. The van der Waals surface area contributed by atoms with Crippen LogP contribution in [-0.4, -0.2) is 40.5 Å². The van der Waals surface area contributed by atoms with E-state index in [4.69, 9.17) is 27.9 Å². The highest BCUT2D eigenvalue weighted by Gasteiger charge is 2.07. The van der Waals surface area contributed by atoms with Gasteiger partial charge in [0.25, 0.3) is 0 Å². The van der Waals surface area contributed by atoms with Crippen LogP contribution < -0.4 is 10.6 Å². The SMILES string of the molecule is CCOCCCNC(=NCc1ccc(Cl)cc1Cl)NCc1nnc(C)n1C.I. The summed E-state index contributed by atoms with van der Waals surface area (Å²) in [5, 5.41) is 16.0. The van der Waals surface area contributed by atoms with Gasteiger partial charge in [-0.05, 0) is 38.0 Å². The number of halogens is 3. The first kappa shape index (κ1) is 24.9. The number of rotatable bonds is 9. The number of aromatic nitrogens is 3. The van der Waals surface area contributed by atoms with Gasteiger partial charge in [-0.15, -0.1) is 34.2 Å². The van der Waals surface area contributed by atoms with Crippen molar-refractivity contribution in [3.05, 3.63) is 45.5 Å². The third-order valence-electron chi connectivity index (χ3n) is 3.98. The van der Waals surface area contributed by atoms with E-state index in [0.29, 0.717) is 35.7 Å². The van der Waals surface area contributed by atoms with E-state index in [1.54, 1.807) is 6.07 Å². The Morgan fingerprint density at radius 2 is 2.04 bits per heavy atom. The van der Waals surface area contributed by atoms with Crippen molar-refractivity contribution in [3.8, 4) is 0 Å². The molecule has 156 valence electrons. The lowest BCUT2D eigenvalue weighted by Gasteiger charge is -2.13. The molecule has 0 bridgehead atoms. The molecule has 1 aromatic carbocycles. The van der Waals surface area contributed by atoms with Crippen LogP contribution in [0, 0.1) is 6.92 Å². The third kappa shape index (κ3) is 8.10. The zero-order chi connectivity index (χ0) is 19.6. The van der Waals surface area contributed by atoms with E-state index in [2.05, 4.69) is 25.8 Å². The molecule has 0 fully saturated rings. The maximum Gasteiger partial charge on any atom is 0.191 e. The van der Waals surface area contributed by atoms with E-state index < -0.39 is 0 Å². The average molecular weight is 541 g/mol. The van der Waals surface area contributed by atoms with Gasteiger partial charge in [0.15, 0.2) is 11.8 Å². The molecule has 7 nitrogen and oxygen atoms in total. The maximum absolute atomic E-state index is 6.24. The Bertz CT molecular complexity index is 769. The van der Waals surface area contributed by atoms with Gasteiger partial charge in [0.2, 0.25) is 0 Å². The van der Waals surface area contributed by atoms with Crippen molar-refractivity contribution in [2.45, 2.75) is 33.4 Å². The number of hydrogen-bond acceptors (Lipinski definition) is 4. The lowest BCUT2D eigenvalue weighted by atomic mass is 10.2. The normalized spacial score (nSPS) is 11.2. The van der Waals surface area contributed by atoms with Crippen molar-refractivity contribution in [2.24, 2.45) is 12.0 Å². The smallest absolute Gasteiger partial charge is 0.191 e. The summed E-state index contributed by atoms with van der Waals surface area (Å²) >= 11 is 12.2. The number of ether oxygens (including phenoxy) is 1. The minimum absolute atomic E-state index is 0. The molecule has 28 heavy (non-hydrogen) atoms. The molecule has 0 radical (unpaired) electrons. The van der Waals surface area contributed by atoms with Crippen LogP contribution in [0.5, 0.6) is 0 Å². The highest BCUT2D eigenvalue weighted by atomic mass is 127. The summed E-state index contributed by atoms with van der Waals surface area (Å²) in [7, 11) is 1.94. The van der Waals surface area contributed by atoms with E-state index in [1.807, 2.05) is 37.6 Å². The van der Waals surface area contributed by atoms with E-state index in [9.17, 15) is 0 Å². The summed E-state index contributed by atoms with van der Waals surface area (Å²) in [5.74, 6) is 2.38. The second kappa shape index (κ2) is 13.2. The summed E-state index contributed by atoms with van der Waals surface area (Å²) in [6.07, 6.45) is 0.888. The number of benzene rings is 1. The average Bonchev–Trinajstić information content (AvgIpc) is 2.96. The van der Waals surface area contributed by atoms with Gasteiger partial charge in [-0.3, -0.25) is 0 Å². The monoisotopic (exact) mass is 540 g/mol. The Kier molecular flexibility index (Phi) is 11.7. The molecule has 2 rings (SSSR count). The largest absolute Gasteiger partial charge is 0.382 e. The van der Waals surface area contributed by atoms with Crippen LogP contribution in [0.15, 0.2) is 23.2 Å². The molecule has 0 unspecified atom stereocenters. The Morgan fingerprint density at radius 3 is 2.68 bits per heavy atom. The molecule has 0 aliphatic carbocycles. The number of guanidine groups is 1. The Balaban J connectivity index is 0.00000392. The van der Waals surface area contributed by atoms with Crippen LogP contribution in [-0.2, 0) is 24.9 Å². The number of nitrogens with zero attached hydrogens (tertiary/aromatic N) is 4. The summed E-state index contributed by atoms with van der Waals surface area (Å²) in [5.41, 5.74) is 0.908. The maximum atomic E-state index is 6.24. The van der Waals surface area contributed by atoms with Gasteiger partial charge in [0, 0.05) is 36.9 Å². The van der Waals surface area contributed by atoms with Crippen molar-refractivity contribution >= 4 is 53.1 Å². The standard InChI is InChI=1S/C18H26Cl2N6O.HI/c1-4-27-9-5-8-21-18(23-12-17-25-24-13(2)26(17)3)22-11-14-6-7-15(19)10-16(14)20;/h6-7,10H,4-5,8-9,11-12H2,1-3H3,(H2,21,22,23);1H. The second-order valence-corrected chi connectivity index (χ2v) is 6.80. The van der Waals surface area contributed by atoms with Gasteiger partial charge < -0.3 is 19.9 Å². The molecule has 0 saturated carbocycles. The van der Waals surface area contributed by atoms with Crippen LogP contribution in [0.1, 0.15) is 30.6 Å². The molecule has 1 aromatic heterocycles. The molecule has 2 N–H and O–H groups in total. The molecule has 0 spiro atoms. The third-order valence-corrected chi connectivity index (χ3v) is 4.57. The molecule has 0 amide bonds. The summed E-state index contributed by atoms with van der Waals surface area (Å²) < 4.78 is 7.31. The van der Waals surface area contributed by atoms with Crippen LogP contribution in [0.2, 0.25) is 10.0 Å². The molecular weight excluding hydrogens is 514 g/mol. The van der Waals surface area contributed by atoms with E-state index in [1.165, 1.54) is 0 Å². The number of aryl methyl sites for hydroxylation is 1. The topological polar surface area (TPSA) is 76.4 Å². The molecule has 0 atom stereocenters. The van der Waals surface area contributed by atoms with Crippen LogP contribution >= 0.6 is 47.2 Å². The summed E-state index contributed by atoms with van der Waals surface area (Å²) in [6, 6.07) is 5.41. The Hall–Kier alpha value is -1.10. The zero-order valence-electron chi connectivity index (χ0n) is 16.3. The first-order valence-corrected chi connectivity index (χ1v) is 9.65. The number of hydrogen-bond donors (Lipinski definition) is 2. The summed E-state index contributed by atoms with van der Waals surface area (Å²) in [4.78, 5) is 4.62. The fraction of sp³-hybridized carbons (Fsp3) is 0.500. The molecule has 2 aromatic rings. The van der Waals surface area contributed by atoms with Gasteiger partial charge in [-0.1, -0.05) is 29.3 Å². The molecule has 0 aliphatic rings. The lowest BCUT2D eigenvalue weighted by Crippen LogP contribution is -2.38.